The molecule has 0 radical (unpaired) electrons. The number of nitrogens with one attached hydrogen (secondary N) is 1. The van der Waals surface area contributed by atoms with Gasteiger partial charge in [0.1, 0.15) is 0 Å². The van der Waals surface area contributed by atoms with Crippen molar-refractivity contribution in [3.63, 3.8) is 0 Å². The standard InChI is InChI=1S/C29H35NO2/c1-31-17-7-10-23-8-5-9-24(18-23)21-32-22-28-20-30-16-15-29(28)27-14-6-13-26(19-27)25-11-3-2-4-12-25/h2-6,8-9,11-14,18-19,28-30H,7,10,15-17,20-22H2,1H3/t28-,29-/m1/s1. The molecule has 0 bridgehead atoms. The van der Waals surface area contributed by atoms with Crippen LogP contribution in [0.2, 0.25) is 0 Å². The summed E-state index contributed by atoms with van der Waals surface area (Å²) >= 11 is 0. The first kappa shape index (κ1) is 22.7. The van der Waals surface area contributed by atoms with Crippen LogP contribution in [0.25, 0.3) is 11.1 Å². The zero-order chi connectivity index (χ0) is 22.0. The Morgan fingerprint density at radius 1 is 0.875 bits per heavy atom. The summed E-state index contributed by atoms with van der Waals surface area (Å²) in [6.07, 6.45) is 3.26. The fourth-order valence-corrected chi connectivity index (χ4v) is 4.74. The van der Waals surface area contributed by atoms with Crippen LogP contribution >= 0.6 is 0 Å². The molecule has 32 heavy (non-hydrogen) atoms. The molecule has 1 aliphatic heterocycles. The molecular formula is C29H35NO2. The summed E-state index contributed by atoms with van der Waals surface area (Å²) in [6.45, 7) is 4.34. The number of piperidine rings is 1. The molecule has 0 amide bonds. The van der Waals surface area contributed by atoms with Gasteiger partial charge in [-0.05, 0) is 59.5 Å². The maximum absolute atomic E-state index is 6.24. The van der Waals surface area contributed by atoms with Crippen LogP contribution in [0.5, 0.6) is 0 Å². The van der Waals surface area contributed by atoms with Crippen molar-refractivity contribution >= 4 is 0 Å². The van der Waals surface area contributed by atoms with E-state index >= 15 is 0 Å². The van der Waals surface area contributed by atoms with Gasteiger partial charge >= 0.3 is 0 Å². The first-order valence-electron chi connectivity index (χ1n) is 11.8. The van der Waals surface area contributed by atoms with Gasteiger partial charge in [0.15, 0.2) is 0 Å². The van der Waals surface area contributed by atoms with E-state index in [1.165, 1.54) is 27.8 Å². The van der Waals surface area contributed by atoms with Gasteiger partial charge in [-0.2, -0.15) is 0 Å². The van der Waals surface area contributed by atoms with Gasteiger partial charge in [-0.25, -0.2) is 0 Å². The molecule has 4 rings (SSSR count). The highest BCUT2D eigenvalue weighted by Crippen LogP contribution is 2.33. The van der Waals surface area contributed by atoms with Crippen LogP contribution in [0.4, 0.5) is 0 Å². The molecule has 1 N–H and O–H groups in total. The Morgan fingerprint density at radius 2 is 1.69 bits per heavy atom. The SMILES string of the molecule is COCCCc1cccc(COC[C@H]2CNCC[C@@H]2c2cccc(-c3ccccc3)c2)c1. The molecule has 3 heteroatoms. The monoisotopic (exact) mass is 429 g/mol. The van der Waals surface area contributed by atoms with Crippen molar-refractivity contribution in [3.8, 4) is 11.1 Å². The molecule has 0 aliphatic carbocycles. The molecule has 0 unspecified atom stereocenters. The van der Waals surface area contributed by atoms with Crippen LogP contribution < -0.4 is 5.32 Å². The maximum Gasteiger partial charge on any atom is 0.0717 e. The highest BCUT2D eigenvalue weighted by Gasteiger charge is 2.26. The number of benzene rings is 3. The highest BCUT2D eigenvalue weighted by molar-refractivity contribution is 5.64. The Labute approximate surface area is 192 Å². The second-order valence-corrected chi connectivity index (χ2v) is 8.78. The van der Waals surface area contributed by atoms with Gasteiger partial charge in [-0.1, -0.05) is 78.9 Å². The van der Waals surface area contributed by atoms with Crippen molar-refractivity contribution in [2.45, 2.75) is 31.8 Å². The number of methoxy groups -OCH3 is 1. The van der Waals surface area contributed by atoms with Crippen LogP contribution in [0.1, 0.15) is 35.4 Å². The average Bonchev–Trinajstić information content (AvgIpc) is 2.85. The summed E-state index contributed by atoms with van der Waals surface area (Å²) < 4.78 is 11.4. The second-order valence-electron chi connectivity index (χ2n) is 8.78. The van der Waals surface area contributed by atoms with Crippen molar-refractivity contribution in [2.75, 3.05) is 33.4 Å². The normalized spacial score (nSPS) is 18.5. The van der Waals surface area contributed by atoms with Gasteiger partial charge in [-0.3, -0.25) is 0 Å². The average molecular weight is 430 g/mol. The Bertz CT molecular complexity index is 956. The van der Waals surface area contributed by atoms with E-state index in [1.807, 2.05) is 0 Å². The molecular weight excluding hydrogens is 394 g/mol. The molecule has 0 spiro atoms. The smallest absolute Gasteiger partial charge is 0.0717 e. The highest BCUT2D eigenvalue weighted by atomic mass is 16.5. The van der Waals surface area contributed by atoms with Crippen molar-refractivity contribution < 1.29 is 9.47 Å². The molecule has 1 saturated heterocycles. The van der Waals surface area contributed by atoms with Gasteiger partial charge in [-0.15, -0.1) is 0 Å². The Morgan fingerprint density at radius 3 is 2.56 bits per heavy atom. The number of rotatable bonds is 10. The Kier molecular flexibility index (Phi) is 8.49. The van der Waals surface area contributed by atoms with Crippen LogP contribution in [-0.2, 0) is 22.5 Å². The zero-order valence-electron chi connectivity index (χ0n) is 19.1. The molecule has 1 fully saturated rings. The fourth-order valence-electron chi connectivity index (χ4n) is 4.74. The largest absolute Gasteiger partial charge is 0.385 e. The Balaban J connectivity index is 1.37. The molecule has 1 aliphatic rings. The molecule has 1 heterocycles. The van der Waals surface area contributed by atoms with Crippen LogP contribution in [-0.4, -0.2) is 33.4 Å². The molecule has 2 atom stereocenters. The van der Waals surface area contributed by atoms with Crippen LogP contribution in [0.3, 0.4) is 0 Å². The first-order chi connectivity index (χ1) is 15.8. The summed E-state index contributed by atoms with van der Waals surface area (Å²) in [5.41, 5.74) is 6.62. The first-order valence-corrected chi connectivity index (χ1v) is 11.8. The molecule has 0 aromatic heterocycles. The number of aryl methyl sites for hydroxylation is 1. The lowest BCUT2D eigenvalue weighted by Gasteiger charge is -2.32. The lowest BCUT2D eigenvalue weighted by Crippen LogP contribution is -2.37. The molecule has 3 nitrogen and oxygen atoms in total. The topological polar surface area (TPSA) is 30.5 Å². The van der Waals surface area contributed by atoms with Gasteiger partial charge in [0.25, 0.3) is 0 Å². The van der Waals surface area contributed by atoms with Gasteiger partial charge in [0.2, 0.25) is 0 Å². The zero-order valence-corrected chi connectivity index (χ0v) is 19.1. The summed E-state index contributed by atoms with van der Waals surface area (Å²) in [5.74, 6) is 1.01. The quantitative estimate of drug-likeness (QED) is 0.411. The fraction of sp³-hybridized carbons (Fsp3) is 0.379. The molecule has 0 saturated carbocycles. The molecule has 3 aromatic rings. The minimum Gasteiger partial charge on any atom is -0.385 e. The van der Waals surface area contributed by atoms with Crippen molar-refractivity contribution in [1.82, 2.24) is 5.32 Å². The van der Waals surface area contributed by atoms with Crippen LogP contribution in [0.15, 0.2) is 78.9 Å². The summed E-state index contributed by atoms with van der Waals surface area (Å²) in [5, 5.41) is 3.58. The van der Waals surface area contributed by atoms with Gasteiger partial charge < -0.3 is 14.8 Å². The van der Waals surface area contributed by atoms with Gasteiger partial charge in [0.05, 0.1) is 13.2 Å². The predicted octanol–water partition coefficient (Wildman–Crippen LogP) is 5.84. The minimum absolute atomic E-state index is 0.486. The summed E-state index contributed by atoms with van der Waals surface area (Å²) in [6, 6.07) is 28.5. The summed E-state index contributed by atoms with van der Waals surface area (Å²) in [7, 11) is 1.76. The third kappa shape index (κ3) is 6.29. The van der Waals surface area contributed by atoms with E-state index in [1.54, 1.807) is 7.11 Å². The van der Waals surface area contributed by atoms with Crippen molar-refractivity contribution in [2.24, 2.45) is 5.92 Å². The van der Waals surface area contributed by atoms with E-state index < -0.39 is 0 Å². The molecule has 3 aromatic carbocycles. The van der Waals surface area contributed by atoms with E-state index in [4.69, 9.17) is 9.47 Å². The number of hydrogen-bond donors (Lipinski definition) is 1. The maximum atomic E-state index is 6.24. The Hall–Kier alpha value is -2.46. The predicted molar refractivity (Wildman–Crippen MR) is 132 cm³/mol. The molecule has 168 valence electrons. The van der Waals surface area contributed by atoms with Gasteiger partial charge in [0, 0.05) is 26.2 Å². The lowest BCUT2D eigenvalue weighted by molar-refractivity contribution is 0.0700. The third-order valence-electron chi connectivity index (χ3n) is 6.44. The van der Waals surface area contributed by atoms with Crippen molar-refractivity contribution in [3.05, 3.63) is 95.6 Å². The lowest BCUT2D eigenvalue weighted by atomic mass is 9.81. The van der Waals surface area contributed by atoms with E-state index in [0.717, 1.165) is 45.6 Å². The van der Waals surface area contributed by atoms with Crippen molar-refractivity contribution in [1.29, 1.82) is 0 Å². The number of hydrogen-bond acceptors (Lipinski definition) is 3. The van der Waals surface area contributed by atoms with E-state index in [-0.39, 0.29) is 0 Å². The van der Waals surface area contributed by atoms with E-state index in [9.17, 15) is 0 Å². The third-order valence-corrected chi connectivity index (χ3v) is 6.44. The van der Waals surface area contributed by atoms with E-state index in [0.29, 0.717) is 18.4 Å². The van der Waals surface area contributed by atoms with E-state index in [2.05, 4.69) is 84.2 Å². The van der Waals surface area contributed by atoms with Crippen LogP contribution in [0, 0.1) is 5.92 Å². The minimum atomic E-state index is 0.486. The second kappa shape index (κ2) is 12.0. The summed E-state index contributed by atoms with van der Waals surface area (Å²) in [4.78, 5) is 0. The number of ether oxygens (including phenoxy) is 2.